The van der Waals surface area contributed by atoms with Gasteiger partial charge in [-0.25, -0.2) is 9.18 Å². The molecule has 6 aliphatic heterocycles. The van der Waals surface area contributed by atoms with E-state index in [1.54, 1.807) is 11.0 Å². The number of amides is 5. The number of benzene rings is 2. The Hall–Kier alpha value is -5.51. The molecule has 16 heteroatoms. The van der Waals surface area contributed by atoms with Crippen LogP contribution in [0.15, 0.2) is 42.5 Å². The van der Waals surface area contributed by atoms with Crippen molar-refractivity contribution in [2.24, 2.45) is 5.92 Å². The van der Waals surface area contributed by atoms with Crippen molar-refractivity contribution in [2.45, 2.75) is 70.1 Å². The molecule has 0 radical (unpaired) electrons. The van der Waals surface area contributed by atoms with Gasteiger partial charge in [0.2, 0.25) is 11.8 Å². The van der Waals surface area contributed by atoms with Gasteiger partial charge in [-0.15, -0.1) is 10.2 Å². The molecule has 6 aliphatic rings. The summed E-state index contributed by atoms with van der Waals surface area (Å²) in [6, 6.07) is 11.7. The van der Waals surface area contributed by atoms with Crippen molar-refractivity contribution in [3.63, 3.8) is 0 Å². The number of anilines is 3. The first-order valence-corrected chi connectivity index (χ1v) is 20.5. The smallest absolute Gasteiger partial charge is 0.320 e. The van der Waals surface area contributed by atoms with Gasteiger partial charge in [0, 0.05) is 95.2 Å². The zero-order valence-electron chi connectivity index (χ0n) is 33.3. The Morgan fingerprint density at radius 2 is 1.74 bits per heavy atom. The topological polar surface area (TPSA) is 158 Å². The van der Waals surface area contributed by atoms with E-state index in [4.69, 9.17) is 0 Å². The van der Waals surface area contributed by atoms with E-state index in [0.717, 1.165) is 62.5 Å². The third-order valence-corrected chi connectivity index (χ3v) is 13.2. The molecule has 3 aromatic rings. The average molecular weight is 795 g/mol. The highest BCUT2D eigenvalue weighted by atomic mass is 19.1. The van der Waals surface area contributed by atoms with Crippen LogP contribution in [0.4, 0.5) is 26.4 Å². The first-order valence-electron chi connectivity index (χ1n) is 20.5. The van der Waals surface area contributed by atoms with Crippen LogP contribution in [0.5, 0.6) is 5.75 Å². The maximum atomic E-state index is 14.3. The summed E-state index contributed by atoms with van der Waals surface area (Å²) in [4.78, 5) is 64.6. The van der Waals surface area contributed by atoms with Gasteiger partial charge < -0.3 is 34.9 Å². The average Bonchev–Trinajstić information content (AvgIpc) is 3.52. The summed E-state index contributed by atoms with van der Waals surface area (Å²) in [6.45, 7) is 14.1. The highest BCUT2D eigenvalue weighted by molar-refractivity contribution is 6.05. The molecule has 2 aromatic carbocycles. The summed E-state index contributed by atoms with van der Waals surface area (Å²) in [5.74, 6) is -0.853. The molecule has 0 bridgehead atoms. The van der Waals surface area contributed by atoms with E-state index in [0.29, 0.717) is 68.7 Å². The molecule has 2 atom stereocenters. The zero-order valence-corrected chi connectivity index (χ0v) is 33.3. The van der Waals surface area contributed by atoms with E-state index in [-0.39, 0.29) is 35.4 Å². The number of hydrogen-bond donors (Lipinski definition) is 3. The van der Waals surface area contributed by atoms with Crippen molar-refractivity contribution >= 4 is 40.9 Å². The summed E-state index contributed by atoms with van der Waals surface area (Å²) in [5, 5.41) is 24.8. The number of nitrogens with zero attached hydrogens (tertiary/aromatic N) is 8. The highest BCUT2D eigenvalue weighted by Gasteiger charge is 2.47. The third kappa shape index (κ3) is 6.74. The maximum Gasteiger partial charge on any atom is 0.320 e. The van der Waals surface area contributed by atoms with Crippen molar-refractivity contribution in [1.29, 1.82) is 0 Å². The van der Waals surface area contributed by atoms with Crippen LogP contribution in [0.2, 0.25) is 0 Å². The Balaban J connectivity index is 0.783. The summed E-state index contributed by atoms with van der Waals surface area (Å²) in [7, 11) is 0. The number of phenolic OH excluding ortho intramolecular Hbond substituents is 1. The molecule has 15 nitrogen and oxygen atoms in total. The Bertz CT molecular complexity index is 2180. The number of carbonyl (C=O) groups excluding carboxylic acids is 4. The Labute approximate surface area is 337 Å². The molecule has 7 heterocycles. The van der Waals surface area contributed by atoms with Crippen LogP contribution in [0, 0.1) is 11.7 Å². The number of carbonyl (C=O) groups is 4. The molecule has 0 saturated carbocycles. The van der Waals surface area contributed by atoms with Crippen LogP contribution in [0.1, 0.15) is 62.4 Å². The third-order valence-electron chi connectivity index (χ3n) is 13.2. The number of imide groups is 1. The van der Waals surface area contributed by atoms with Crippen LogP contribution in [-0.2, 0) is 16.1 Å². The van der Waals surface area contributed by atoms with Crippen LogP contribution in [0.3, 0.4) is 0 Å². The second kappa shape index (κ2) is 14.4. The van der Waals surface area contributed by atoms with Gasteiger partial charge in [0.1, 0.15) is 6.04 Å². The van der Waals surface area contributed by atoms with Gasteiger partial charge in [-0.2, -0.15) is 0 Å². The van der Waals surface area contributed by atoms with Gasteiger partial charge >= 0.3 is 6.03 Å². The second-order valence-electron chi connectivity index (χ2n) is 17.7. The number of piperidine rings is 2. The van der Waals surface area contributed by atoms with Gasteiger partial charge in [0.15, 0.2) is 17.4 Å². The van der Waals surface area contributed by atoms with Crippen LogP contribution < -0.4 is 20.4 Å². The number of aromatic nitrogens is 2. The van der Waals surface area contributed by atoms with Crippen molar-refractivity contribution in [2.75, 3.05) is 80.6 Å². The second-order valence-corrected chi connectivity index (χ2v) is 17.7. The van der Waals surface area contributed by atoms with E-state index in [1.807, 2.05) is 28.0 Å². The molecule has 306 valence electrons. The fraction of sp³-hybridized carbons (Fsp3) is 0.524. The molecule has 3 N–H and O–H groups in total. The molecular weight excluding hydrogens is 744 g/mol. The SMILES string of the molecule is CC1(C)CN(CC2CCN(c3ccc4c(c3)C(=O)N([C@@H]3CCC(=O)NC3=O)C4)CC2)CCN1C(=O)N1CCN2c3cc(-c4cccc(F)c4O)nnc3NC[C@]2(C)C1. The first kappa shape index (κ1) is 38.0. The molecule has 0 unspecified atom stereocenters. The van der Waals surface area contributed by atoms with Crippen LogP contribution in [0.25, 0.3) is 11.3 Å². The molecular formula is C42H51FN10O5. The van der Waals surface area contributed by atoms with Gasteiger partial charge in [0.25, 0.3) is 5.91 Å². The number of fused-ring (bicyclic) bond motifs is 4. The Morgan fingerprint density at radius 3 is 2.52 bits per heavy atom. The minimum absolute atomic E-state index is 0.0518. The number of phenols is 1. The monoisotopic (exact) mass is 794 g/mol. The molecule has 4 saturated heterocycles. The van der Waals surface area contributed by atoms with Gasteiger partial charge in [-0.05, 0) is 81.8 Å². The molecule has 4 fully saturated rings. The van der Waals surface area contributed by atoms with Crippen molar-refractivity contribution < 1.29 is 28.7 Å². The summed E-state index contributed by atoms with van der Waals surface area (Å²) in [6.07, 6.45) is 2.65. The summed E-state index contributed by atoms with van der Waals surface area (Å²) >= 11 is 0. The Kier molecular flexibility index (Phi) is 9.44. The minimum Gasteiger partial charge on any atom is -0.504 e. The minimum atomic E-state index is -0.715. The number of rotatable bonds is 5. The summed E-state index contributed by atoms with van der Waals surface area (Å²) in [5.41, 5.74) is 3.27. The number of aromatic hydroxyl groups is 1. The quantitative estimate of drug-likeness (QED) is 0.325. The molecule has 1 aromatic heterocycles. The van der Waals surface area contributed by atoms with E-state index in [9.17, 15) is 28.7 Å². The number of halogens is 1. The van der Waals surface area contributed by atoms with E-state index in [2.05, 4.69) is 62.4 Å². The number of piperazine rings is 2. The molecule has 9 rings (SSSR count). The lowest BCUT2D eigenvalue weighted by Crippen LogP contribution is -2.70. The maximum absolute atomic E-state index is 14.3. The van der Waals surface area contributed by atoms with Gasteiger partial charge in [-0.1, -0.05) is 12.1 Å². The standard InChI is InChI=1S/C42H51FN10O5/c1-41(2)24-48(21-26-11-13-49(14-12-26)28-8-7-27-22-51(39(57)30(27)19-28)33-9-10-35(54)45-38(33)56)15-17-53(41)40(58)50-16-18-52-34-20-32(29-5-4-6-31(43)36(29)55)46-47-37(34)44-23-42(52,3)25-50/h4-8,19-20,26,33,55H,9-18,21-25H2,1-3H3,(H,44,47)(H,45,54,56)/t33-,42-/m1/s1. The van der Waals surface area contributed by atoms with Crippen molar-refractivity contribution in [3.05, 3.63) is 59.4 Å². The fourth-order valence-electron chi connectivity index (χ4n) is 10.0. The van der Waals surface area contributed by atoms with Gasteiger partial charge in [0.05, 0.1) is 22.5 Å². The highest BCUT2D eigenvalue weighted by Crippen LogP contribution is 2.41. The van der Waals surface area contributed by atoms with Gasteiger partial charge in [-0.3, -0.25) is 24.6 Å². The number of urea groups is 1. The number of para-hydroxylation sites is 1. The molecule has 5 amide bonds. The lowest BCUT2D eigenvalue weighted by atomic mass is 9.92. The molecule has 0 aliphatic carbocycles. The predicted molar refractivity (Wildman–Crippen MR) is 215 cm³/mol. The van der Waals surface area contributed by atoms with Crippen molar-refractivity contribution in [3.8, 4) is 17.0 Å². The van der Waals surface area contributed by atoms with E-state index >= 15 is 0 Å². The van der Waals surface area contributed by atoms with Crippen LogP contribution in [-0.4, -0.2) is 141 Å². The predicted octanol–water partition coefficient (Wildman–Crippen LogP) is 3.49. The lowest BCUT2D eigenvalue weighted by Gasteiger charge is -2.55. The van der Waals surface area contributed by atoms with Crippen LogP contribution >= 0.6 is 0 Å². The zero-order chi connectivity index (χ0) is 40.5. The fourth-order valence-corrected chi connectivity index (χ4v) is 10.0. The molecule has 0 spiro atoms. The lowest BCUT2D eigenvalue weighted by molar-refractivity contribution is -0.136. The van der Waals surface area contributed by atoms with E-state index in [1.165, 1.54) is 12.1 Å². The Morgan fingerprint density at radius 1 is 0.931 bits per heavy atom. The molecule has 58 heavy (non-hydrogen) atoms. The number of nitrogens with one attached hydrogen (secondary N) is 2. The normalized spacial score (nSPS) is 24.9. The van der Waals surface area contributed by atoms with Crippen molar-refractivity contribution in [1.82, 2.24) is 35.1 Å². The number of hydrogen-bond acceptors (Lipinski definition) is 11. The largest absolute Gasteiger partial charge is 0.504 e. The summed E-state index contributed by atoms with van der Waals surface area (Å²) < 4.78 is 14.2. The van der Waals surface area contributed by atoms with E-state index < -0.39 is 29.1 Å². The first-order chi connectivity index (χ1) is 27.8.